The molecule has 15 heavy (non-hydrogen) atoms. The molecule has 82 valence electrons. The van der Waals surface area contributed by atoms with Gasteiger partial charge < -0.3 is 15.6 Å². The Balaban J connectivity index is 2.33. The van der Waals surface area contributed by atoms with Crippen LogP contribution < -0.4 is 5.73 Å². The number of carboxylic acid groups (broad SMARTS) is 1. The number of hydrogen-bond donors (Lipinski definition) is 2. The number of carbonyl (C=O) groups is 1. The highest BCUT2D eigenvalue weighted by Crippen LogP contribution is 2.40. The van der Waals surface area contributed by atoms with E-state index in [1.807, 2.05) is 6.07 Å². The van der Waals surface area contributed by atoms with E-state index in [1.165, 1.54) is 11.3 Å². The highest BCUT2D eigenvalue weighted by Gasteiger charge is 2.49. The van der Waals surface area contributed by atoms with Crippen molar-refractivity contribution in [3.05, 3.63) is 21.3 Å². The lowest BCUT2D eigenvalue weighted by Gasteiger charge is -2.43. The molecule has 1 saturated heterocycles. The number of aliphatic carboxylic acids is 1. The normalized spacial score (nSPS) is 20.7. The summed E-state index contributed by atoms with van der Waals surface area (Å²) in [5, 5.41) is 8.94. The van der Waals surface area contributed by atoms with Gasteiger partial charge in [-0.2, -0.15) is 0 Å². The zero-order chi connectivity index (χ0) is 11.1. The number of nitrogens with two attached hydrogens (primary N) is 1. The molecule has 1 fully saturated rings. The van der Waals surface area contributed by atoms with Crippen molar-refractivity contribution in [1.29, 1.82) is 0 Å². The van der Waals surface area contributed by atoms with Crippen molar-refractivity contribution < 1.29 is 14.6 Å². The number of carboxylic acids is 1. The van der Waals surface area contributed by atoms with Gasteiger partial charge in [0, 0.05) is 4.88 Å². The van der Waals surface area contributed by atoms with Crippen molar-refractivity contribution in [2.75, 3.05) is 13.2 Å². The van der Waals surface area contributed by atoms with Gasteiger partial charge in [0.25, 0.3) is 0 Å². The van der Waals surface area contributed by atoms with Gasteiger partial charge in [-0.25, -0.2) is 0 Å². The maximum atomic E-state index is 10.9. The van der Waals surface area contributed by atoms with Crippen molar-refractivity contribution in [1.82, 2.24) is 0 Å². The fourth-order valence-electron chi connectivity index (χ4n) is 1.62. The average molecular weight is 248 g/mol. The first kappa shape index (κ1) is 10.9. The molecule has 0 aromatic carbocycles. The Morgan fingerprint density at radius 2 is 2.33 bits per heavy atom. The smallest absolute Gasteiger partial charge is 0.321 e. The Bertz CT molecular complexity index is 388. The molecule has 1 aliphatic rings. The van der Waals surface area contributed by atoms with Gasteiger partial charge >= 0.3 is 5.97 Å². The van der Waals surface area contributed by atoms with Crippen LogP contribution in [0.15, 0.2) is 12.1 Å². The fourth-order valence-corrected chi connectivity index (χ4v) is 2.86. The van der Waals surface area contributed by atoms with Crippen molar-refractivity contribution in [3.8, 4) is 0 Å². The molecule has 2 rings (SSSR count). The van der Waals surface area contributed by atoms with E-state index in [0.29, 0.717) is 17.6 Å². The molecule has 0 spiro atoms. The minimum Gasteiger partial charge on any atom is -0.480 e. The predicted molar refractivity (Wildman–Crippen MR) is 57.4 cm³/mol. The number of hydrogen-bond acceptors (Lipinski definition) is 4. The summed E-state index contributed by atoms with van der Waals surface area (Å²) in [6, 6.07) is 2.62. The van der Waals surface area contributed by atoms with Gasteiger partial charge in [0.05, 0.1) is 23.0 Å². The van der Waals surface area contributed by atoms with Crippen LogP contribution >= 0.6 is 22.9 Å². The quantitative estimate of drug-likeness (QED) is 0.839. The first-order valence-electron chi connectivity index (χ1n) is 4.38. The van der Waals surface area contributed by atoms with Gasteiger partial charge in [-0.05, 0) is 12.1 Å². The molecular formula is C9H10ClNO3S. The van der Waals surface area contributed by atoms with Gasteiger partial charge in [0.1, 0.15) is 6.04 Å². The van der Waals surface area contributed by atoms with Crippen LogP contribution in [0.25, 0.3) is 0 Å². The Morgan fingerprint density at radius 1 is 1.67 bits per heavy atom. The van der Waals surface area contributed by atoms with Crippen LogP contribution in [0.5, 0.6) is 0 Å². The Labute approximate surface area is 95.6 Å². The standard InChI is InChI=1S/C9H10ClNO3S/c10-6-2-1-5(15-6)9(3-14-4-9)7(11)8(12)13/h1-2,7H,3-4,11H2,(H,12,13). The number of rotatable bonds is 3. The maximum absolute atomic E-state index is 10.9. The Hall–Kier alpha value is -0.620. The number of ether oxygens (including phenoxy) is 1. The fraction of sp³-hybridized carbons (Fsp3) is 0.444. The van der Waals surface area contributed by atoms with Crippen LogP contribution in [0.2, 0.25) is 4.34 Å². The van der Waals surface area contributed by atoms with Gasteiger partial charge in [0.15, 0.2) is 0 Å². The lowest BCUT2D eigenvalue weighted by Crippen LogP contribution is -2.61. The Kier molecular flexibility index (Phi) is 2.72. The zero-order valence-corrected chi connectivity index (χ0v) is 9.35. The number of thiophene rings is 1. The van der Waals surface area contributed by atoms with Gasteiger partial charge in [0.2, 0.25) is 0 Å². The summed E-state index contributed by atoms with van der Waals surface area (Å²) in [4.78, 5) is 11.8. The second-order valence-electron chi connectivity index (χ2n) is 3.57. The van der Waals surface area contributed by atoms with Crippen molar-refractivity contribution >= 4 is 28.9 Å². The van der Waals surface area contributed by atoms with E-state index in [0.717, 1.165) is 4.88 Å². The molecule has 2 heterocycles. The second kappa shape index (κ2) is 3.75. The van der Waals surface area contributed by atoms with Crippen molar-refractivity contribution in [2.45, 2.75) is 11.5 Å². The first-order chi connectivity index (χ1) is 7.06. The highest BCUT2D eigenvalue weighted by molar-refractivity contribution is 7.16. The van der Waals surface area contributed by atoms with Crippen LogP contribution in [-0.4, -0.2) is 30.3 Å². The molecule has 1 aliphatic heterocycles. The minimum absolute atomic E-state index is 0.345. The lowest BCUT2D eigenvalue weighted by atomic mass is 9.77. The summed E-state index contributed by atoms with van der Waals surface area (Å²) >= 11 is 7.18. The molecule has 0 radical (unpaired) electrons. The molecule has 0 aliphatic carbocycles. The lowest BCUT2D eigenvalue weighted by molar-refractivity contribution is -0.148. The molecule has 0 bridgehead atoms. The van der Waals surface area contributed by atoms with Gasteiger partial charge in [-0.15, -0.1) is 11.3 Å². The van der Waals surface area contributed by atoms with Crippen LogP contribution in [-0.2, 0) is 14.9 Å². The Morgan fingerprint density at radius 3 is 2.67 bits per heavy atom. The third-order valence-electron chi connectivity index (χ3n) is 2.64. The third-order valence-corrected chi connectivity index (χ3v) is 4.10. The predicted octanol–water partition coefficient (Wildman–Crippen LogP) is 1.08. The average Bonchev–Trinajstić information content (AvgIpc) is 2.50. The van der Waals surface area contributed by atoms with E-state index in [9.17, 15) is 4.79 Å². The minimum atomic E-state index is -1.01. The summed E-state index contributed by atoms with van der Waals surface area (Å²) < 4.78 is 5.73. The maximum Gasteiger partial charge on any atom is 0.321 e. The van der Waals surface area contributed by atoms with Crippen molar-refractivity contribution in [3.63, 3.8) is 0 Å². The largest absolute Gasteiger partial charge is 0.480 e. The molecule has 1 aromatic rings. The van der Waals surface area contributed by atoms with Gasteiger partial charge in [-0.1, -0.05) is 11.6 Å². The molecule has 1 aromatic heterocycles. The molecule has 0 amide bonds. The van der Waals surface area contributed by atoms with Crippen molar-refractivity contribution in [2.24, 2.45) is 5.73 Å². The highest BCUT2D eigenvalue weighted by atomic mass is 35.5. The van der Waals surface area contributed by atoms with E-state index in [2.05, 4.69) is 0 Å². The summed E-state index contributed by atoms with van der Waals surface area (Å²) in [5.74, 6) is -1.01. The second-order valence-corrected chi connectivity index (χ2v) is 5.28. The SMILES string of the molecule is NC(C(=O)O)C1(c2ccc(Cl)s2)COC1. The molecular weight excluding hydrogens is 238 g/mol. The van der Waals surface area contributed by atoms with Gasteiger partial charge in [-0.3, -0.25) is 4.79 Å². The third kappa shape index (κ3) is 1.65. The van der Waals surface area contributed by atoms with Crippen LogP contribution in [0.3, 0.4) is 0 Å². The first-order valence-corrected chi connectivity index (χ1v) is 5.58. The number of halogens is 1. The molecule has 1 atom stereocenters. The summed E-state index contributed by atoms with van der Waals surface area (Å²) in [6.45, 7) is 0.689. The monoisotopic (exact) mass is 247 g/mol. The van der Waals surface area contributed by atoms with Crippen LogP contribution in [0.1, 0.15) is 4.88 Å². The summed E-state index contributed by atoms with van der Waals surface area (Å²) in [5.41, 5.74) is 5.09. The summed E-state index contributed by atoms with van der Waals surface area (Å²) in [7, 11) is 0. The zero-order valence-electron chi connectivity index (χ0n) is 7.77. The molecule has 6 heteroatoms. The van der Waals surface area contributed by atoms with E-state index >= 15 is 0 Å². The molecule has 0 saturated carbocycles. The van der Waals surface area contributed by atoms with E-state index in [4.69, 9.17) is 27.2 Å². The van der Waals surface area contributed by atoms with E-state index in [-0.39, 0.29) is 0 Å². The van der Waals surface area contributed by atoms with Crippen LogP contribution in [0.4, 0.5) is 0 Å². The van der Waals surface area contributed by atoms with E-state index < -0.39 is 17.4 Å². The topological polar surface area (TPSA) is 72.6 Å². The molecule has 3 N–H and O–H groups in total. The van der Waals surface area contributed by atoms with E-state index in [1.54, 1.807) is 6.07 Å². The molecule has 1 unspecified atom stereocenters. The summed E-state index contributed by atoms with van der Waals surface area (Å²) in [6.07, 6.45) is 0. The van der Waals surface area contributed by atoms with Crippen LogP contribution in [0, 0.1) is 0 Å². The molecule has 4 nitrogen and oxygen atoms in total.